The van der Waals surface area contributed by atoms with Gasteiger partial charge < -0.3 is 10.1 Å². The molecule has 3 heteroatoms. The minimum absolute atomic E-state index is 0.386. The molecule has 2 nitrogen and oxygen atoms in total. The first kappa shape index (κ1) is 14.2. The van der Waals surface area contributed by atoms with Gasteiger partial charge in [-0.3, -0.25) is 0 Å². The third kappa shape index (κ3) is 2.82. The number of ether oxygens (including phenoxy) is 1. The van der Waals surface area contributed by atoms with Crippen LogP contribution in [0.2, 0.25) is 5.02 Å². The standard InChI is InChI=1S/C17H24ClNO/c1-3-6-19-17(13-8-11-7-12(11)9-13)15-10-14(18)4-5-16(15)20-2/h4-5,10-13,17,19H,3,6-9H2,1-2H3. The molecular formula is C17H24ClNO. The number of hydrogen-bond acceptors (Lipinski definition) is 2. The number of halogens is 1. The number of benzene rings is 1. The molecule has 0 spiro atoms. The van der Waals surface area contributed by atoms with Crippen molar-refractivity contribution in [1.29, 1.82) is 0 Å². The van der Waals surface area contributed by atoms with Crippen molar-refractivity contribution in [1.82, 2.24) is 5.32 Å². The van der Waals surface area contributed by atoms with Gasteiger partial charge in [-0.1, -0.05) is 18.5 Å². The van der Waals surface area contributed by atoms with Crippen molar-refractivity contribution < 1.29 is 4.74 Å². The SMILES string of the molecule is CCCNC(c1cc(Cl)ccc1OC)C1CC2CC2C1. The molecule has 0 radical (unpaired) electrons. The van der Waals surface area contributed by atoms with E-state index in [1.165, 1.54) is 24.8 Å². The molecule has 3 rings (SSSR count). The summed E-state index contributed by atoms with van der Waals surface area (Å²) in [5.41, 5.74) is 1.24. The molecule has 3 atom stereocenters. The number of methoxy groups -OCH3 is 1. The highest BCUT2D eigenvalue weighted by Crippen LogP contribution is 2.57. The lowest BCUT2D eigenvalue weighted by Gasteiger charge is -2.28. The molecule has 0 heterocycles. The third-order valence-electron chi connectivity index (χ3n) is 4.89. The summed E-state index contributed by atoms with van der Waals surface area (Å²) in [5, 5.41) is 4.53. The second-order valence-corrected chi connectivity index (χ2v) is 6.74. The zero-order valence-corrected chi connectivity index (χ0v) is 13.1. The molecule has 2 fully saturated rings. The van der Waals surface area contributed by atoms with Crippen LogP contribution in [0.15, 0.2) is 18.2 Å². The van der Waals surface area contributed by atoms with Gasteiger partial charge in [0.25, 0.3) is 0 Å². The van der Waals surface area contributed by atoms with Gasteiger partial charge in [0.15, 0.2) is 0 Å². The quantitative estimate of drug-likeness (QED) is 0.837. The summed E-state index contributed by atoms with van der Waals surface area (Å²) in [5.74, 6) is 3.69. The Morgan fingerprint density at radius 3 is 2.70 bits per heavy atom. The molecule has 0 aromatic heterocycles. The van der Waals surface area contributed by atoms with Crippen LogP contribution in [-0.4, -0.2) is 13.7 Å². The first-order chi connectivity index (χ1) is 9.72. The van der Waals surface area contributed by atoms with E-state index >= 15 is 0 Å². The maximum atomic E-state index is 6.21. The molecule has 0 saturated heterocycles. The second-order valence-electron chi connectivity index (χ2n) is 6.31. The molecule has 1 N–H and O–H groups in total. The van der Waals surface area contributed by atoms with Gasteiger partial charge in [0, 0.05) is 16.6 Å². The molecule has 0 aliphatic heterocycles. The van der Waals surface area contributed by atoms with Crippen LogP contribution in [-0.2, 0) is 0 Å². The Kier molecular flexibility index (Phi) is 4.23. The van der Waals surface area contributed by atoms with E-state index < -0.39 is 0 Å². The van der Waals surface area contributed by atoms with Crippen molar-refractivity contribution in [3.8, 4) is 5.75 Å². The molecule has 1 aromatic rings. The van der Waals surface area contributed by atoms with Gasteiger partial charge in [0.05, 0.1) is 7.11 Å². The average molecular weight is 294 g/mol. The summed E-state index contributed by atoms with van der Waals surface area (Å²) in [7, 11) is 1.75. The molecule has 20 heavy (non-hydrogen) atoms. The highest BCUT2D eigenvalue weighted by Gasteiger charge is 2.48. The van der Waals surface area contributed by atoms with Gasteiger partial charge in [0.2, 0.25) is 0 Å². The monoisotopic (exact) mass is 293 g/mol. The molecule has 2 aliphatic carbocycles. The molecule has 0 amide bonds. The summed E-state index contributed by atoms with van der Waals surface area (Å²) >= 11 is 6.21. The molecular weight excluding hydrogens is 270 g/mol. The van der Waals surface area contributed by atoms with Gasteiger partial charge in [0.1, 0.15) is 5.75 Å². The van der Waals surface area contributed by atoms with Crippen LogP contribution in [0.5, 0.6) is 5.75 Å². The molecule has 1 aromatic carbocycles. The van der Waals surface area contributed by atoms with E-state index in [1.807, 2.05) is 12.1 Å². The minimum atomic E-state index is 0.386. The lowest BCUT2D eigenvalue weighted by molar-refractivity contribution is 0.326. The molecule has 0 bridgehead atoms. The van der Waals surface area contributed by atoms with Crippen LogP contribution in [0.4, 0.5) is 0 Å². The summed E-state index contributed by atoms with van der Waals surface area (Å²) in [6, 6.07) is 6.37. The van der Waals surface area contributed by atoms with Crippen LogP contribution in [0, 0.1) is 17.8 Å². The fourth-order valence-electron chi connectivity index (χ4n) is 3.81. The summed E-state index contributed by atoms with van der Waals surface area (Å²) in [6.45, 7) is 3.26. The highest BCUT2D eigenvalue weighted by molar-refractivity contribution is 6.30. The van der Waals surface area contributed by atoms with Crippen molar-refractivity contribution >= 4 is 11.6 Å². The Bertz CT molecular complexity index is 466. The van der Waals surface area contributed by atoms with E-state index in [2.05, 4.69) is 18.3 Å². The number of rotatable bonds is 6. The molecule has 3 unspecified atom stereocenters. The van der Waals surface area contributed by atoms with Crippen molar-refractivity contribution in [3.63, 3.8) is 0 Å². The molecule has 110 valence electrons. The van der Waals surface area contributed by atoms with Crippen molar-refractivity contribution in [2.75, 3.05) is 13.7 Å². The Labute approximate surface area is 126 Å². The number of hydrogen-bond donors (Lipinski definition) is 1. The van der Waals surface area contributed by atoms with E-state index in [-0.39, 0.29) is 0 Å². The van der Waals surface area contributed by atoms with Crippen LogP contribution in [0.1, 0.15) is 44.2 Å². The number of nitrogens with one attached hydrogen (secondary N) is 1. The summed E-state index contributed by atoms with van der Waals surface area (Å²) in [4.78, 5) is 0. The van der Waals surface area contributed by atoms with E-state index in [9.17, 15) is 0 Å². The first-order valence-corrected chi connectivity index (χ1v) is 8.17. The summed E-state index contributed by atoms with van der Waals surface area (Å²) < 4.78 is 5.56. The Balaban J connectivity index is 1.85. The van der Waals surface area contributed by atoms with E-state index in [4.69, 9.17) is 16.3 Å². The van der Waals surface area contributed by atoms with Gasteiger partial charge in [-0.25, -0.2) is 0 Å². The second kappa shape index (κ2) is 5.95. The Hall–Kier alpha value is -0.730. The van der Waals surface area contributed by atoms with Gasteiger partial charge in [-0.2, -0.15) is 0 Å². The Morgan fingerprint density at radius 1 is 1.30 bits per heavy atom. The normalized spacial score (nSPS) is 29.1. The van der Waals surface area contributed by atoms with E-state index in [0.717, 1.165) is 41.5 Å². The van der Waals surface area contributed by atoms with Crippen LogP contribution in [0.3, 0.4) is 0 Å². The van der Waals surface area contributed by atoms with Crippen molar-refractivity contribution in [2.45, 2.75) is 38.6 Å². The van der Waals surface area contributed by atoms with E-state index in [1.54, 1.807) is 7.11 Å². The molecule has 2 aliphatic rings. The van der Waals surface area contributed by atoms with Gasteiger partial charge in [-0.15, -0.1) is 0 Å². The van der Waals surface area contributed by atoms with Crippen LogP contribution < -0.4 is 10.1 Å². The predicted octanol–water partition coefficient (Wildman–Crippen LogP) is 4.44. The van der Waals surface area contributed by atoms with Crippen LogP contribution >= 0.6 is 11.6 Å². The maximum absolute atomic E-state index is 6.21. The highest BCUT2D eigenvalue weighted by atomic mass is 35.5. The zero-order valence-electron chi connectivity index (χ0n) is 12.4. The van der Waals surface area contributed by atoms with Crippen molar-refractivity contribution in [3.05, 3.63) is 28.8 Å². The van der Waals surface area contributed by atoms with Gasteiger partial charge in [-0.05, 0) is 68.2 Å². The fraction of sp³-hybridized carbons (Fsp3) is 0.647. The summed E-state index contributed by atoms with van der Waals surface area (Å²) in [6.07, 6.45) is 5.34. The first-order valence-electron chi connectivity index (χ1n) is 7.79. The average Bonchev–Trinajstić information content (AvgIpc) is 3.06. The molecule has 2 saturated carbocycles. The maximum Gasteiger partial charge on any atom is 0.123 e. The van der Waals surface area contributed by atoms with Crippen LogP contribution in [0.25, 0.3) is 0 Å². The lowest BCUT2D eigenvalue weighted by atomic mass is 9.88. The topological polar surface area (TPSA) is 21.3 Å². The van der Waals surface area contributed by atoms with Gasteiger partial charge >= 0.3 is 0 Å². The van der Waals surface area contributed by atoms with E-state index in [0.29, 0.717) is 6.04 Å². The smallest absolute Gasteiger partial charge is 0.123 e. The minimum Gasteiger partial charge on any atom is -0.496 e. The zero-order chi connectivity index (χ0) is 14.1. The largest absolute Gasteiger partial charge is 0.496 e. The fourth-order valence-corrected chi connectivity index (χ4v) is 3.99. The predicted molar refractivity (Wildman–Crippen MR) is 83.4 cm³/mol. The third-order valence-corrected chi connectivity index (χ3v) is 5.13. The number of fused-ring (bicyclic) bond motifs is 1. The van der Waals surface area contributed by atoms with Crippen molar-refractivity contribution in [2.24, 2.45) is 17.8 Å². The Morgan fingerprint density at radius 2 is 2.05 bits per heavy atom. The lowest BCUT2D eigenvalue weighted by Crippen LogP contribution is -2.29.